The zero-order valence-corrected chi connectivity index (χ0v) is 13.8. The molecule has 0 radical (unpaired) electrons. The number of nitrogen functional groups attached to an aromatic ring is 1. The summed E-state index contributed by atoms with van der Waals surface area (Å²) in [7, 11) is 0. The van der Waals surface area contributed by atoms with E-state index in [9.17, 15) is 0 Å². The van der Waals surface area contributed by atoms with Gasteiger partial charge in [0, 0.05) is 44.0 Å². The van der Waals surface area contributed by atoms with Crippen molar-refractivity contribution in [3.63, 3.8) is 0 Å². The molecule has 24 heavy (non-hydrogen) atoms. The zero-order valence-electron chi connectivity index (χ0n) is 13.1. The summed E-state index contributed by atoms with van der Waals surface area (Å²) in [6.45, 7) is 5.19. The quantitative estimate of drug-likeness (QED) is 0.680. The molecule has 9 nitrogen and oxygen atoms in total. The first-order valence-corrected chi connectivity index (χ1v) is 7.95. The highest BCUT2D eigenvalue weighted by molar-refractivity contribution is 6.29. The van der Waals surface area contributed by atoms with Gasteiger partial charge in [0.25, 0.3) is 5.78 Å². The van der Waals surface area contributed by atoms with Crippen LogP contribution in [0.5, 0.6) is 0 Å². The Hall–Kier alpha value is -2.68. The maximum Gasteiger partial charge on any atom is 0.254 e. The molecule has 1 aliphatic rings. The molecule has 0 saturated carbocycles. The Morgan fingerprint density at radius 2 is 1.79 bits per heavy atom. The van der Waals surface area contributed by atoms with Gasteiger partial charge in [0.15, 0.2) is 0 Å². The van der Waals surface area contributed by atoms with Gasteiger partial charge in [-0.25, -0.2) is 9.97 Å². The highest BCUT2D eigenvalue weighted by atomic mass is 35.5. The standard InChI is InChI=1S/C14H16ClN9/c1-9-6-12(24-14(19-9)17-8-18-24)23-4-2-22(3-5-23)11-7-10(15)20-13(16)21-11/h6-8H,2-5H2,1H3,(H2,16,20,21). The van der Waals surface area contributed by atoms with Crippen molar-refractivity contribution in [3.05, 3.63) is 29.3 Å². The maximum absolute atomic E-state index is 5.97. The first-order valence-electron chi connectivity index (χ1n) is 7.57. The monoisotopic (exact) mass is 345 g/mol. The van der Waals surface area contributed by atoms with E-state index in [4.69, 9.17) is 17.3 Å². The van der Waals surface area contributed by atoms with Crippen molar-refractivity contribution in [2.75, 3.05) is 41.7 Å². The minimum absolute atomic E-state index is 0.189. The van der Waals surface area contributed by atoms with E-state index in [2.05, 4.69) is 34.8 Å². The summed E-state index contributed by atoms with van der Waals surface area (Å²) in [4.78, 5) is 21.1. The van der Waals surface area contributed by atoms with E-state index >= 15 is 0 Å². The SMILES string of the molecule is Cc1cc(N2CCN(c3cc(Cl)nc(N)n3)CC2)n2ncnc2n1. The normalized spacial score (nSPS) is 15.2. The summed E-state index contributed by atoms with van der Waals surface area (Å²) in [5, 5.41) is 4.62. The number of nitrogens with two attached hydrogens (primary N) is 1. The van der Waals surface area contributed by atoms with Gasteiger partial charge in [0.05, 0.1) is 0 Å². The van der Waals surface area contributed by atoms with Crippen LogP contribution in [0, 0.1) is 6.92 Å². The number of nitrogens with zero attached hydrogens (tertiary/aromatic N) is 8. The minimum atomic E-state index is 0.189. The van der Waals surface area contributed by atoms with Crippen LogP contribution >= 0.6 is 11.6 Å². The maximum atomic E-state index is 5.97. The second-order valence-electron chi connectivity index (χ2n) is 5.61. The number of aryl methyl sites for hydroxylation is 1. The molecule has 3 aromatic heterocycles. The summed E-state index contributed by atoms with van der Waals surface area (Å²) in [6, 6.07) is 3.76. The highest BCUT2D eigenvalue weighted by Crippen LogP contribution is 2.22. The summed E-state index contributed by atoms with van der Waals surface area (Å²) < 4.78 is 1.77. The predicted octanol–water partition coefficient (Wildman–Crippen LogP) is 0.785. The lowest BCUT2D eigenvalue weighted by Crippen LogP contribution is -2.47. The van der Waals surface area contributed by atoms with Crippen LogP contribution in [0.1, 0.15) is 5.69 Å². The summed E-state index contributed by atoms with van der Waals surface area (Å²) >= 11 is 5.97. The van der Waals surface area contributed by atoms with Crippen molar-refractivity contribution in [2.24, 2.45) is 0 Å². The average molecular weight is 346 g/mol. The van der Waals surface area contributed by atoms with Gasteiger partial charge in [-0.05, 0) is 6.92 Å². The molecule has 2 N–H and O–H groups in total. The van der Waals surface area contributed by atoms with Crippen molar-refractivity contribution in [1.82, 2.24) is 29.5 Å². The van der Waals surface area contributed by atoms with Crippen LogP contribution in [-0.2, 0) is 0 Å². The van der Waals surface area contributed by atoms with E-state index in [1.165, 1.54) is 6.33 Å². The van der Waals surface area contributed by atoms with Gasteiger partial charge >= 0.3 is 0 Å². The summed E-state index contributed by atoms with van der Waals surface area (Å²) in [5.74, 6) is 2.55. The zero-order chi connectivity index (χ0) is 16.7. The van der Waals surface area contributed by atoms with Crippen LogP contribution in [0.4, 0.5) is 17.6 Å². The molecule has 0 aliphatic carbocycles. The van der Waals surface area contributed by atoms with Gasteiger partial charge in [-0.15, -0.1) is 0 Å². The Balaban J connectivity index is 1.56. The van der Waals surface area contributed by atoms with E-state index < -0.39 is 0 Å². The molecule has 4 rings (SSSR count). The number of hydrogen-bond acceptors (Lipinski definition) is 8. The van der Waals surface area contributed by atoms with Crippen LogP contribution in [0.25, 0.3) is 5.78 Å². The molecule has 0 aromatic carbocycles. The fraction of sp³-hybridized carbons (Fsp3) is 0.357. The van der Waals surface area contributed by atoms with E-state index in [0.29, 0.717) is 10.9 Å². The first kappa shape index (κ1) is 14.9. The fourth-order valence-electron chi connectivity index (χ4n) is 2.89. The van der Waals surface area contributed by atoms with Crippen molar-refractivity contribution in [1.29, 1.82) is 0 Å². The molecule has 0 amide bonds. The number of piperazine rings is 1. The first-order chi connectivity index (χ1) is 11.6. The van der Waals surface area contributed by atoms with Gasteiger partial charge in [0.2, 0.25) is 5.95 Å². The Labute approximate surface area is 143 Å². The third kappa shape index (κ3) is 2.67. The van der Waals surface area contributed by atoms with Crippen LogP contribution in [-0.4, -0.2) is 55.7 Å². The molecule has 124 valence electrons. The van der Waals surface area contributed by atoms with Crippen molar-refractivity contribution >= 4 is 35.0 Å². The molecule has 0 unspecified atom stereocenters. The summed E-state index contributed by atoms with van der Waals surface area (Å²) in [5.41, 5.74) is 6.60. The van der Waals surface area contributed by atoms with E-state index in [1.54, 1.807) is 10.6 Å². The van der Waals surface area contributed by atoms with Crippen LogP contribution in [0.15, 0.2) is 18.5 Å². The lowest BCUT2D eigenvalue weighted by molar-refractivity contribution is 0.633. The molecule has 3 aromatic rings. The number of halogens is 1. The number of hydrogen-bond donors (Lipinski definition) is 1. The van der Waals surface area contributed by atoms with Crippen molar-refractivity contribution in [3.8, 4) is 0 Å². The fourth-order valence-corrected chi connectivity index (χ4v) is 3.07. The summed E-state index contributed by atoms with van der Waals surface area (Å²) in [6.07, 6.45) is 1.52. The minimum Gasteiger partial charge on any atom is -0.368 e. The average Bonchev–Trinajstić information content (AvgIpc) is 3.01. The van der Waals surface area contributed by atoms with Crippen LogP contribution in [0.3, 0.4) is 0 Å². The topological polar surface area (TPSA) is 101 Å². The van der Waals surface area contributed by atoms with E-state index in [-0.39, 0.29) is 5.95 Å². The molecule has 0 atom stereocenters. The van der Waals surface area contributed by atoms with Gasteiger partial charge in [-0.1, -0.05) is 11.6 Å². The molecule has 0 bridgehead atoms. The third-order valence-corrected chi connectivity index (χ3v) is 4.18. The largest absolute Gasteiger partial charge is 0.368 e. The molecule has 1 aliphatic heterocycles. The van der Waals surface area contributed by atoms with Gasteiger partial charge in [-0.2, -0.15) is 19.6 Å². The van der Waals surface area contributed by atoms with Crippen LogP contribution in [0.2, 0.25) is 5.15 Å². The lowest BCUT2D eigenvalue weighted by atomic mass is 10.3. The van der Waals surface area contributed by atoms with Crippen molar-refractivity contribution < 1.29 is 0 Å². The van der Waals surface area contributed by atoms with Crippen LogP contribution < -0.4 is 15.5 Å². The molecular weight excluding hydrogens is 330 g/mol. The number of aromatic nitrogens is 6. The van der Waals surface area contributed by atoms with Gasteiger partial charge in [0.1, 0.15) is 23.1 Å². The molecule has 1 fully saturated rings. The van der Waals surface area contributed by atoms with E-state index in [0.717, 1.165) is 43.5 Å². The van der Waals surface area contributed by atoms with Gasteiger partial charge in [-0.3, -0.25) is 0 Å². The highest BCUT2D eigenvalue weighted by Gasteiger charge is 2.21. The van der Waals surface area contributed by atoms with Gasteiger partial charge < -0.3 is 15.5 Å². The number of fused-ring (bicyclic) bond motifs is 1. The Kier molecular flexibility index (Phi) is 3.57. The predicted molar refractivity (Wildman–Crippen MR) is 91.4 cm³/mol. The lowest BCUT2D eigenvalue weighted by Gasteiger charge is -2.36. The van der Waals surface area contributed by atoms with E-state index in [1.807, 2.05) is 13.0 Å². The van der Waals surface area contributed by atoms with Crippen molar-refractivity contribution in [2.45, 2.75) is 6.92 Å². The molecule has 10 heteroatoms. The molecular formula is C14H16ClN9. The second kappa shape index (κ2) is 5.75. The Bertz CT molecular complexity index is 865. The second-order valence-corrected chi connectivity index (χ2v) is 6.00. The number of rotatable bonds is 2. The molecule has 0 spiro atoms. The number of anilines is 3. The molecule has 1 saturated heterocycles. The third-order valence-electron chi connectivity index (χ3n) is 3.99. The smallest absolute Gasteiger partial charge is 0.254 e. The Morgan fingerprint density at radius 3 is 2.54 bits per heavy atom. The molecule has 4 heterocycles. The Morgan fingerprint density at radius 1 is 1.04 bits per heavy atom.